The zero-order valence-electron chi connectivity index (χ0n) is 18.4. The standard InChI is InChI=1S/C13H13F3N4.C9H14N2O/c1-6-7(2)20-12-11(19-6)10(17-5-18-12)8-3-9(4-8)13(14,15)16;1-11-7-8(6-10-11)9-4-2-3-5-12-9/h5,8-9H,3-4H2,1-2H3;6-7,9H,2-5H2,1H3. The average molecular weight is 448 g/mol. The fourth-order valence-electron chi connectivity index (χ4n) is 4.08. The van der Waals surface area contributed by atoms with Crippen molar-refractivity contribution in [3.63, 3.8) is 0 Å². The van der Waals surface area contributed by atoms with E-state index in [9.17, 15) is 13.2 Å². The van der Waals surface area contributed by atoms with Crippen LogP contribution in [0, 0.1) is 19.8 Å². The smallest absolute Gasteiger partial charge is 0.373 e. The summed E-state index contributed by atoms with van der Waals surface area (Å²) in [7, 11) is 1.94. The fourth-order valence-corrected chi connectivity index (χ4v) is 4.08. The molecular formula is C22H27F3N6O. The van der Waals surface area contributed by atoms with Crippen molar-refractivity contribution in [3.05, 3.63) is 41.4 Å². The molecule has 0 N–H and O–H groups in total. The Bertz CT molecular complexity index is 1070. The number of hydrogen-bond donors (Lipinski definition) is 0. The molecule has 0 bridgehead atoms. The van der Waals surface area contributed by atoms with Crippen molar-refractivity contribution < 1.29 is 17.9 Å². The normalized spacial score (nSPS) is 23.4. The first-order valence-corrected chi connectivity index (χ1v) is 10.8. The Morgan fingerprint density at radius 1 is 1.06 bits per heavy atom. The minimum absolute atomic E-state index is 0.0736. The van der Waals surface area contributed by atoms with Gasteiger partial charge < -0.3 is 4.74 Å². The molecule has 1 aliphatic heterocycles. The van der Waals surface area contributed by atoms with Gasteiger partial charge in [0.05, 0.1) is 35.3 Å². The van der Waals surface area contributed by atoms with Crippen molar-refractivity contribution in [2.45, 2.75) is 64.1 Å². The van der Waals surface area contributed by atoms with Crippen LogP contribution in [0.3, 0.4) is 0 Å². The van der Waals surface area contributed by atoms with E-state index in [1.807, 2.05) is 38.0 Å². The first-order chi connectivity index (χ1) is 15.2. The predicted molar refractivity (Wildman–Crippen MR) is 112 cm³/mol. The lowest BCUT2D eigenvalue weighted by Gasteiger charge is -2.36. The third kappa shape index (κ3) is 4.90. The molecule has 172 valence electrons. The van der Waals surface area contributed by atoms with Gasteiger partial charge in [-0.2, -0.15) is 18.3 Å². The lowest BCUT2D eigenvalue weighted by molar-refractivity contribution is -0.197. The Labute approximate surface area is 184 Å². The highest BCUT2D eigenvalue weighted by Gasteiger charge is 2.49. The number of nitrogens with zero attached hydrogens (tertiary/aromatic N) is 6. The molecule has 1 saturated heterocycles. The van der Waals surface area contributed by atoms with Gasteiger partial charge in [-0.05, 0) is 46.0 Å². The molecule has 0 aromatic carbocycles. The van der Waals surface area contributed by atoms with Gasteiger partial charge in [-0.1, -0.05) is 0 Å². The summed E-state index contributed by atoms with van der Waals surface area (Å²) in [6.07, 6.45) is 5.24. The average Bonchev–Trinajstić information content (AvgIpc) is 3.15. The maximum Gasteiger partial charge on any atom is 0.391 e. The van der Waals surface area contributed by atoms with E-state index >= 15 is 0 Å². The van der Waals surface area contributed by atoms with Gasteiger partial charge in [0.1, 0.15) is 11.8 Å². The quantitative estimate of drug-likeness (QED) is 0.563. The summed E-state index contributed by atoms with van der Waals surface area (Å²) < 4.78 is 45.1. The molecule has 2 aliphatic rings. The topological polar surface area (TPSA) is 78.6 Å². The van der Waals surface area contributed by atoms with Gasteiger partial charge in [0, 0.05) is 31.3 Å². The van der Waals surface area contributed by atoms with Crippen LogP contribution in [0.15, 0.2) is 18.7 Å². The molecule has 7 nitrogen and oxygen atoms in total. The maximum atomic E-state index is 12.6. The molecule has 0 amide bonds. The second-order valence-electron chi connectivity index (χ2n) is 8.53. The third-order valence-electron chi connectivity index (χ3n) is 6.17. The molecule has 32 heavy (non-hydrogen) atoms. The summed E-state index contributed by atoms with van der Waals surface area (Å²) in [5.41, 5.74) is 4.31. The Balaban J connectivity index is 0.000000174. The largest absolute Gasteiger partial charge is 0.391 e. The van der Waals surface area contributed by atoms with Gasteiger partial charge in [0.2, 0.25) is 0 Å². The minimum atomic E-state index is -4.11. The molecular weight excluding hydrogens is 421 g/mol. The van der Waals surface area contributed by atoms with Crippen LogP contribution >= 0.6 is 0 Å². The van der Waals surface area contributed by atoms with Gasteiger partial charge in [-0.3, -0.25) is 4.68 Å². The number of aryl methyl sites for hydroxylation is 3. The Morgan fingerprint density at radius 3 is 2.44 bits per heavy atom. The lowest BCUT2D eigenvalue weighted by Crippen LogP contribution is -2.35. The van der Waals surface area contributed by atoms with E-state index in [1.54, 1.807) is 0 Å². The molecule has 3 aromatic rings. The molecule has 1 saturated carbocycles. The van der Waals surface area contributed by atoms with Crippen LogP contribution in [0.4, 0.5) is 13.2 Å². The van der Waals surface area contributed by atoms with Crippen LogP contribution in [0.1, 0.15) is 66.8 Å². The highest BCUT2D eigenvalue weighted by Crippen LogP contribution is 2.49. The Morgan fingerprint density at radius 2 is 1.81 bits per heavy atom. The SMILES string of the molecule is Cc1nc2ncnc(C3CC(C(F)(F)F)C3)c2nc1C.Cn1cc(C2CCCCO2)cn1. The van der Waals surface area contributed by atoms with E-state index in [-0.39, 0.29) is 18.8 Å². The first kappa shape index (κ1) is 22.6. The number of aromatic nitrogens is 6. The maximum absolute atomic E-state index is 12.6. The number of hydrogen-bond acceptors (Lipinski definition) is 6. The molecule has 2 fully saturated rings. The van der Waals surface area contributed by atoms with Gasteiger partial charge in [-0.15, -0.1) is 0 Å². The van der Waals surface area contributed by atoms with Crippen LogP contribution in [0.25, 0.3) is 11.2 Å². The van der Waals surface area contributed by atoms with E-state index in [0.717, 1.165) is 24.4 Å². The first-order valence-electron chi connectivity index (χ1n) is 10.8. The molecule has 1 unspecified atom stereocenters. The number of fused-ring (bicyclic) bond motifs is 1. The van der Waals surface area contributed by atoms with E-state index in [4.69, 9.17) is 4.74 Å². The Kier molecular flexibility index (Phi) is 6.41. The molecule has 1 aliphatic carbocycles. The van der Waals surface area contributed by atoms with Gasteiger partial charge in [0.15, 0.2) is 5.65 Å². The molecule has 0 spiro atoms. The number of ether oxygens (including phenoxy) is 1. The van der Waals surface area contributed by atoms with Crippen LogP contribution in [0.2, 0.25) is 0 Å². The lowest BCUT2D eigenvalue weighted by atomic mass is 9.72. The van der Waals surface area contributed by atoms with E-state index < -0.39 is 12.1 Å². The van der Waals surface area contributed by atoms with E-state index in [2.05, 4.69) is 25.0 Å². The molecule has 4 heterocycles. The van der Waals surface area contributed by atoms with Crippen molar-refractivity contribution in [2.75, 3.05) is 6.61 Å². The summed E-state index contributed by atoms with van der Waals surface area (Å²) in [5.74, 6) is -1.43. The van der Waals surface area contributed by atoms with Crippen LogP contribution in [0.5, 0.6) is 0 Å². The highest BCUT2D eigenvalue weighted by atomic mass is 19.4. The summed E-state index contributed by atoms with van der Waals surface area (Å²) in [6, 6.07) is 0. The molecule has 0 radical (unpaired) electrons. The van der Waals surface area contributed by atoms with Crippen LogP contribution < -0.4 is 0 Å². The molecule has 5 rings (SSSR count). The second kappa shape index (κ2) is 9.09. The molecule has 10 heteroatoms. The second-order valence-corrected chi connectivity index (χ2v) is 8.53. The monoisotopic (exact) mass is 448 g/mol. The minimum Gasteiger partial charge on any atom is -0.373 e. The van der Waals surface area contributed by atoms with E-state index in [0.29, 0.717) is 23.0 Å². The zero-order valence-corrected chi connectivity index (χ0v) is 18.4. The highest BCUT2D eigenvalue weighted by molar-refractivity contribution is 5.73. The van der Waals surface area contributed by atoms with Gasteiger partial charge in [-0.25, -0.2) is 19.9 Å². The zero-order chi connectivity index (χ0) is 22.9. The molecule has 1 atom stereocenters. The van der Waals surface area contributed by atoms with Crippen molar-refractivity contribution >= 4 is 11.2 Å². The van der Waals surface area contributed by atoms with Crippen molar-refractivity contribution in [1.82, 2.24) is 29.7 Å². The number of halogens is 3. The summed E-state index contributed by atoms with van der Waals surface area (Å²) >= 11 is 0. The van der Waals surface area contributed by atoms with Crippen LogP contribution in [-0.4, -0.2) is 42.5 Å². The number of rotatable bonds is 2. The van der Waals surface area contributed by atoms with Gasteiger partial charge in [0.25, 0.3) is 0 Å². The van der Waals surface area contributed by atoms with Crippen molar-refractivity contribution in [2.24, 2.45) is 13.0 Å². The number of alkyl halides is 3. The predicted octanol–water partition coefficient (Wildman–Crippen LogP) is 4.75. The molecule has 3 aromatic heterocycles. The third-order valence-corrected chi connectivity index (χ3v) is 6.17. The summed E-state index contributed by atoms with van der Waals surface area (Å²) in [4.78, 5) is 16.9. The van der Waals surface area contributed by atoms with Crippen molar-refractivity contribution in [1.29, 1.82) is 0 Å². The van der Waals surface area contributed by atoms with Gasteiger partial charge >= 0.3 is 6.18 Å². The summed E-state index contributed by atoms with van der Waals surface area (Å²) in [5, 5.41) is 4.13. The Hall–Kier alpha value is -2.62. The fraction of sp³-hybridized carbons (Fsp3) is 0.591. The summed E-state index contributed by atoms with van der Waals surface area (Å²) in [6.45, 7) is 4.55. The van der Waals surface area contributed by atoms with Crippen molar-refractivity contribution in [3.8, 4) is 0 Å². The van der Waals surface area contributed by atoms with Crippen LogP contribution in [-0.2, 0) is 11.8 Å². The van der Waals surface area contributed by atoms with E-state index in [1.165, 1.54) is 24.7 Å².